The molecule has 0 radical (unpaired) electrons. The maximum atomic E-state index is 12.3. The Morgan fingerprint density at radius 1 is 1.05 bits per heavy atom. The van der Waals surface area contributed by atoms with Gasteiger partial charge in [-0.2, -0.15) is 0 Å². The number of rotatable bonds is 0. The van der Waals surface area contributed by atoms with Crippen molar-refractivity contribution in [1.29, 1.82) is 0 Å². The van der Waals surface area contributed by atoms with E-state index in [-0.39, 0.29) is 5.63 Å². The summed E-state index contributed by atoms with van der Waals surface area (Å²) in [7, 11) is 0. The van der Waals surface area contributed by atoms with Crippen LogP contribution in [0.4, 0.5) is 0 Å². The van der Waals surface area contributed by atoms with Gasteiger partial charge in [0.05, 0.1) is 6.26 Å². The van der Waals surface area contributed by atoms with E-state index in [0.29, 0.717) is 5.58 Å². The first-order chi connectivity index (χ1) is 9.75. The van der Waals surface area contributed by atoms with Gasteiger partial charge in [0.25, 0.3) is 0 Å². The zero-order valence-corrected chi connectivity index (χ0v) is 11.5. The van der Waals surface area contributed by atoms with Crippen molar-refractivity contribution in [2.75, 3.05) is 0 Å². The van der Waals surface area contributed by atoms with Crippen molar-refractivity contribution in [3.63, 3.8) is 0 Å². The fraction of sp³-hybridized carbons (Fsp3) is 0.353. The van der Waals surface area contributed by atoms with Crippen LogP contribution in [0.25, 0.3) is 21.9 Å². The molecule has 4 rings (SSSR count). The van der Waals surface area contributed by atoms with Gasteiger partial charge in [-0.3, -0.25) is 0 Å². The van der Waals surface area contributed by atoms with Gasteiger partial charge in [0.15, 0.2) is 0 Å². The first-order valence-corrected chi connectivity index (χ1v) is 7.21. The molecule has 1 aromatic carbocycles. The van der Waals surface area contributed by atoms with Crippen molar-refractivity contribution >= 4 is 21.9 Å². The topological polar surface area (TPSA) is 43.4 Å². The summed E-state index contributed by atoms with van der Waals surface area (Å²) in [6, 6.07) is 4.07. The molecule has 3 heteroatoms. The van der Waals surface area contributed by atoms with Crippen LogP contribution in [-0.2, 0) is 12.8 Å². The van der Waals surface area contributed by atoms with Gasteiger partial charge in [-0.05, 0) is 50.3 Å². The van der Waals surface area contributed by atoms with Crippen LogP contribution in [0.1, 0.15) is 36.0 Å². The predicted octanol–water partition coefficient (Wildman–Crippen LogP) is 4.12. The highest BCUT2D eigenvalue weighted by Gasteiger charge is 2.19. The first-order valence-electron chi connectivity index (χ1n) is 7.21. The Kier molecular flexibility index (Phi) is 2.49. The highest BCUT2D eigenvalue weighted by molar-refractivity contribution is 5.98. The summed E-state index contributed by atoms with van der Waals surface area (Å²) in [4.78, 5) is 12.3. The van der Waals surface area contributed by atoms with Gasteiger partial charge in [0.2, 0.25) is 0 Å². The molecule has 0 N–H and O–H groups in total. The molecule has 2 aromatic heterocycles. The molecule has 0 unspecified atom stereocenters. The van der Waals surface area contributed by atoms with Crippen molar-refractivity contribution in [3.8, 4) is 0 Å². The van der Waals surface area contributed by atoms with E-state index < -0.39 is 0 Å². The number of hydrogen-bond donors (Lipinski definition) is 0. The van der Waals surface area contributed by atoms with Crippen molar-refractivity contribution in [1.82, 2.24) is 0 Å². The van der Waals surface area contributed by atoms with Crippen LogP contribution in [0, 0.1) is 6.92 Å². The molecule has 20 heavy (non-hydrogen) atoms. The maximum Gasteiger partial charge on any atom is 0.339 e. The number of hydrogen-bond acceptors (Lipinski definition) is 3. The molecule has 102 valence electrons. The average Bonchev–Trinajstić information content (AvgIpc) is 2.76. The predicted molar refractivity (Wildman–Crippen MR) is 78.3 cm³/mol. The summed E-state index contributed by atoms with van der Waals surface area (Å²) in [5, 5.41) is 2.17. The summed E-state index contributed by atoms with van der Waals surface area (Å²) in [5.41, 5.74) is 4.35. The fourth-order valence-electron chi connectivity index (χ4n) is 3.38. The Hall–Kier alpha value is -2.03. The molecule has 0 fully saturated rings. The monoisotopic (exact) mass is 268 g/mol. The number of benzene rings is 1. The van der Waals surface area contributed by atoms with Crippen LogP contribution in [-0.4, -0.2) is 0 Å². The summed E-state index contributed by atoms with van der Waals surface area (Å²) >= 11 is 0. The zero-order chi connectivity index (χ0) is 13.7. The van der Waals surface area contributed by atoms with E-state index >= 15 is 0 Å². The van der Waals surface area contributed by atoms with Crippen LogP contribution in [0.15, 0.2) is 32.0 Å². The van der Waals surface area contributed by atoms with E-state index in [1.807, 2.05) is 13.0 Å². The minimum atomic E-state index is -0.164. The van der Waals surface area contributed by atoms with Crippen molar-refractivity contribution in [3.05, 3.63) is 45.5 Å². The molecule has 3 aromatic rings. The van der Waals surface area contributed by atoms with E-state index in [2.05, 4.69) is 6.07 Å². The molecule has 0 saturated carbocycles. The highest BCUT2D eigenvalue weighted by Crippen LogP contribution is 2.32. The maximum absolute atomic E-state index is 12.3. The number of furan rings is 1. The Morgan fingerprint density at radius 3 is 2.70 bits per heavy atom. The van der Waals surface area contributed by atoms with Gasteiger partial charge >= 0.3 is 5.63 Å². The van der Waals surface area contributed by atoms with Gasteiger partial charge in [-0.15, -0.1) is 0 Å². The van der Waals surface area contributed by atoms with Crippen LogP contribution < -0.4 is 5.63 Å². The smallest absolute Gasteiger partial charge is 0.339 e. The minimum Gasteiger partial charge on any atom is -0.464 e. The van der Waals surface area contributed by atoms with Crippen LogP contribution in [0.3, 0.4) is 0 Å². The van der Waals surface area contributed by atoms with Crippen molar-refractivity contribution in [2.45, 2.75) is 39.0 Å². The molecule has 1 aliphatic rings. The lowest BCUT2D eigenvalue weighted by Crippen LogP contribution is -2.11. The molecule has 1 aliphatic carbocycles. The van der Waals surface area contributed by atoms with E-state index in [9.17, 15) is 4.79 Å². The van der Waals surface area contributed by atoms with E-state index in [0.717, 1.165) is 53.2 Å². The molecule has 0 aliphatic heterocycles. The number of aryl methyl sites for hydroxylation is 2. The highest BCUT2D eigenvalue weighted by atomic mass is 16.4. The minimum absolute atomic E-state index is 0.164. The van der Waals surface area contributed by atoms with Gasteiger partial charge in [0, 0.05) is 21.9 Å². The summed E-state index contributed by atoms with van der Waals surface area (Å²) < 4.78 is 11.1. The third-order valence-corrected chi connectivity index (χ3v) is 4.41. The third kappa shape index (κ3) is 1.56. The number of fused-ring (bicyclic) bond motifs is 4. The second kappa shape index (κ2) is 4.23. The summed E-state index contributed by atoms with van der Waals surface area (Å²) in [6.07, 6.45) is 6.91. The Morgan fingerprint density at radius 2 is 1.85 bits per heavy atom. The Bertz CT molecular complexity index is 867. The fourth-order valence-corrected chi connectivity index (χ4v) is 3.38. The second-order valence-electron chi connectivity index (χ2n) is 5.62. The average molecular weight is 268 g/mol. The molecule has 0 saturated heterocycles. The lowest BCUT2D eigenvalue weighted by molar-refractivity contribution is 0.543. The normalized spacial score (nSPS) is 15.4. The van der Waals surface area contributed by atoms with Crippen LogP contribution in [0.2, 0.25) is 0 Å². The zero-order valence-electron chi connectivity index (χ0n) is 11.5. The molecular formula is C17H16O3. The van der Waals surface area contributed by atoms with Gasteiger partial charge < -0.3 is 8.83 Å². The van der Waals surface area contributed by atoms with E-state index in [1.54, 1.807) is 6.26 Å². The largest absolute Gasteiger partial charge is 0.464 e. The first kappa shape index (κ1) is 11.8. The Labute approximate surface area is 116 Å². The lowest BCUT2D eigenvalue weighted by atomic mass is 9.98. The van der Waals surface area contributed by atoms with E-state index in [4.69, 9.17) is 8.83 Å². The Balaban J connectivity index is 2.19. The molecule has 0 atom stereocenters. The second-order valence-corrected chi connectivity index (χ2v) is 5.62. The molecule has 3 nitrogen and oxygen atoms in total. The third-order valence-electron chi connectivity index (χ3n) is 4.41. The molecule has 0 bridgehead atoms. The quantitative estimate of drug-likeness (QED) is 0.455. The molecule has 0 spiro atoms. The summed E-state index contributed by atoms with van der Waals surface area (Å²) in [6.45, 7) is 1.96. The summed E-state index contributed by atoms with van der Waals surface area (Å²) in [5.74, 6) is 0. The van der Waals surface area contributed by atoms with Gasteiger partial charge in [-0.1, -0.05) is 6.42 Å². The standard InChI is InChI=1S/C17H16O3/c1-10-15-11(7-8-19-15)9-14-12-5-3-2-4-6-13(12)17(18)20-16(10)14/h7-9H,2-6H2,1H3. The lowest BCUT2D eigenvalue weighted by Gasteiger charge is -2.10. The molecule has 0 amide bonds. The SMILES string of the molecule is Cc1c2occc2cc2c3c(c(=O)oc12)CCCCC3. The van der Waals surface area contributed by atoms with Crippen molar-refractivity contribution < 1.29 is 8.83 Å². The van der Waals surface area contributed by atoms with E-state index in [1.165, 1.54) is 12.0 Å². The van der Waals surface area contributed by atoms with Crippen LogP contribution >= 0.6 is 0 Å². The van der Waals surface area contributed by atoms with Crippen molar-refractivity contribution in [2.24, 2.45) is 0 Å². The van der Waals surface area contributed by atoms with Crippen LogP contribution in [0.5, 0.6) is 0 Å². The van der Waals surface area contributed by atoms with Gasteiger partial charge in [-0.25, -0.2) is 4.79 Å². The molecular weight excluding hydrogens is 252 g/mol. The molecule has 2 heterocycles. The van der Waals surface area contributed by atoms with Gasteiger partial charge in [0.1, 0.15) is 11.2 Å².